The van der Waals surface area contributed by atoms with Gasteiger partial charge in [-0.25, -0.2) is 4.98 Å². The number of rotatable bonds is 10. The predicted molar refractivity (Wildman–Crippen MR) is 133 cm³/mol. The van der Waals surface area contributed by atoms with E-state index in [2.05, 4.69) is 34.1 Å². The van der Waals surface area contributed by atoms with Gasteiger partial charge >= 0.3 is 0 Å². The van der Waals surface area contributed by atoms with Gasteiger partial charge in [0, 0.05) is 70.2 Å². The van der Waals surface area contributed by atoms with Crippen LogP contribution >= 0.6 is 35.3 Å². The molecule has 0 saturated carbocycles. The number of aliphatic imine (C=N–C) groups is 1. The van der Waals surface area contributed by atoms with Crippen molar-refractivity contribution in [1.29, 1.82) is 0 Å². The van der Waals surface area contributed by atoms with Crippen LogP contribution in [0.1, 0.15) is 22.1 Å². The fourth-order valence-corrected chi connectivity index (χ4v) is 4.03. The van der Waals surface area contributed by atoms with Crippen LogP contribution in [0.15, 0.2) is 34.0 Å². The maximum atomic E-state index is 5.43. The first-order valence-electron chi connectivity index (χ1n) is 10.4. The lowest BCUT2D eigenvalue weighted by molar-refractivity contribution is 0.0377. The Balaban J connectivity index is 0.00000320. The topological polar surface area (TPSA) is 66.1 Å². The average molecular weight is 548 g/mol. The van der Waals surface area contributed by atoms with Crippen molar-refractivity contribution in [3.8, 4) is 0 Å². The number of furan rings is 1. The number of nitrogens with one attached hydrogen (secondary N) is 1. The highest BCUT2D eigenvalue weighted by Gasteiger charge is 2.11. The molecular formula is C21H34IN5O2S. The average Bonchev–Trinajstić information content (AvgIpc) is 3.40. The van der Waals surface area contributed by atoms with Gasteiger partial charge < -0.3 is 19.4 Å². The molecule has 1 aliphatic rings. The SMILES string of the molecule is Cc1cnc(CCN(C)C(=NCCCN2CCOCC2)NCCc2ccco2)s1.I. The van der Waals surface area contributed by atoms with Crippen molar-refractivity contribution in [1.82, 2.24) is 20.1 Å². The molecule has 168 valence electrons. The molecule has 1 saturated heterocycles. The lowest BCUT2D eigenvalue weighted by atomic mass is 10.3. The van der Waals surface area contributed by atoms with Gasteiger partial charge in [-0.3, -0.25) is 9.89 Å². The van der Waals surface area contributed by atoms with Crippen LogP contribution < -0.4 is 5.32 Å². The largest absolute Gasteiger partial charge is 0.469 e. The lowest BCUT2D eigenvalue weighted by Gasteiger charge is -2.26. The molecular weight excluding hydrogens is 513 g/mol. The monoisotopic (exact) mass is 547 g/mol. The quantitative estimate of drug-likeness (QED) is 0.214. The van der Waals surface area contributed by atoms with E-state index >= 15 is 0 Å². The molecule has 3 heterocycles. The van der Waals surface area contributed by atoms with Crippen molar-refractivity contribution in [2.24, 2.45) is 4.99 Å². The maximum Gasteiger partial charge on any atom is 0.193 e. The van der Waals surface area contributed by atoms with E-state index in [0.717, 1.165) is 83.5 Å². The van der Waals surface area contributed by atoms with E-state index < -0.39 is 0 Å². The van der Waals surface area contributed by atoms with Gasteiger partial charge in [-0.2, -0.15) is 0 Å². The van der Waals surface area contributed by atoms with Gasteiger partial charge in [0.25, 0.3) is 0 Å². The summed E-state index contributed by atoms with van der Waals surface area (Å²) in [4.78, 5) is 15.3. The molecule has 1 aliphatic heterocycles. The number of likely N-dealkylation sites (N-methyl/N-ethyl adjacent to an activating group) is 1. The summed E-state index contributed by atoms with van der Waals surface area (Å²) in [6.07, 6.45) is 6.50. The Kier molecular flexibility index (Phi) is 11.7. The highest BCUT2D eigenvalue weighted by atomic mass is 127. The van der Waals surface area contributed by atoms with Crippen LogP contribution in [0.2, 0.25) is 0 Å². The molecule has 0 radical (unpaired) electrons. The zero-order valence-electron chi connectivity index (χ0n) is 18.0. The van der Waals surface area contributed by atoms with Crippen LogP contribution in [0.25, 0.3) is 0 Å². The number of thiazole rings is 1. The third-order valence-electron chi connectivity index (χ3n) is 4.92. The summed E-state index contributed by atoms with van der Waals surface area (Å²) in [6, 6.07) is 3.94. The van der Waals surface area contributed by atoms with E-state index in [1.807, 2.05) is 18.3 Å². The second kappa shape index (κ2) is 14.0. The van der Waals surface area contributed by atoms with E-state index in [1.54, 1.807) is 17.6 Å². The van der Waals surface area contributed by atoms with Crippen molar-refractivity contribution >= 4 is 41.3 Å². The van der Waals surface area contributed by atoms with Crippen LogP contribution in [0.4, 0.5) is 0 Å². The first-order chi connectivity index (χ1) is 14.2. The summed E-state index contributed by atoms with van der Waals surface area (Å²) in [5.41, 5.74) is 0. The number of guanidine groups is 1. The molecule has 0 amide bonds. The van der Waals surface area contributed by atoms with Crippen molar-refractivity contribution in [2.45, 2.75) is 26.2 Å². The molecule has 0 aromatic carbocycles. The molecule has 0 atom stereocenters. The van der Waals surface area contributed by atoms with Gasteiger partial charge in [0.05, 0.1) is 24.5 Å². The summed E-state index contributed by atoms with van der Waals surface area (Å²) in [6.45, 7) is 9.46. The van der Waals surface area contributed by atoms with Crippen LogP contribution in [0.3, 0.4) is 0 Å². The van der Waals surface area contributed by atoms with Crippen LogP contribution in [0.5, 0.6) is 0 Å². The third-order valence-corrected chi connectivity index (χ3v) is 5.90. The predicted octanol–water partition coefficient (Wildman–Crippen LogP) is 3.05. The highest BCUT2D eigenvalue weighted by Crippen LogP contribution is 2.12. The molecule has 1 N–H and O–H groups in total. The Labute approximate surface area is 200 Å². The maximum absolute atomic E-state index is 5.43. The van der Waals surface area contributed by atoms with Gasteiger partial charge in [-0.05, 0) is 25.5 Å². The van der Waals surface area contributed by atoms with Gasteiger partial charge in [0.15, 0.2) is 5.96 Å². The van der Waals surface area contributed by atoms with Crippen LogP contribution in [0, 0.1) is 6.92 Å². The number of hydrogen-bond acceptors (Lipinski definition) is 6. The number of ether oxygens (including phenoxy) is 1. The minimum atomic E-state index is 0. The highest BCUT2D eigenvalue weighted by molar-refractivity contribution is 14.0. The molecule has 7 nitrogen and oxygen atoms in total. The normalized spacial score (nSPS) is 15.1. The second-order valence-electron chi connectivity index (χ2n) is 7.31. The molecule has 3 rings (SSSR count). The number of halogens is 1. The van der Waals surface area contributed by atoms with Crippen LogP contribution in [-0.4, -0.2) is 80.3 Å². The van der Waals surface area contributed by atoms with Crippen molar-refractivity contribution in [2.75, 3.05) is 59.5 Å². The summed E-state index contributed by atoms with van der Waals surface area (Å²) >= 11 is 1.77. The van der Waals surface area contributed by atoms with E-state index in [9.17, 15) is 0 Å². The first-order valence-corrected chi connectivity index (χ1v) is 11.3. The van der Waals surface area contributed by atoms with Gasteiger partial charge in [-0.1, -0.05) is 0 Å². The number of hydrogen-bond donors (Lipinski definition) is 1. The summed E-state index contributed by atoms with van der Waals surface area (Å²) in [7, 11) is 2.10. The molecule has 9 heteroatoms. The van der Waals surface area contributed by atoms with E-state index in [0.29, 0.717) is 0 Å². The van der Waals surface area contributed by atoms with E-state index in [1.165, 1.54) is 9.88 Å². The zero-order valence-corrected chi connectivity index (χ0v) is 21.2. The molecule has 2 aromatic rings. The fraction of sp³-hybridized carbons (Fsp3) is 0.619. The molecule has 0 bridgehead atoms. The summed E-state index contributed by atoms with van der Waals surface area (Å²) in [5, 5.41) is 4.68. The number of aromatic nitrogens is 1. The Morgan fingerprint density at radius 2 is 2.17 bits per heavy atom. The molecule has 1 fully saturated rings. The van der Waals surface area contributed by atoms with E-state index in [4.69, 9.17) is 14.1 Å². The number of nitrogens with zero attached hydrogens (tertiary/aromatic N) is 4. The summed E-state index contributed by atoms with van der Waals surface area (Å²) in [5.74, 6) is 1.94. The number of morpholine rings is 1. The summed E-state index contributed by atoms with van der Waals surface area (Å²) < 4.78 is 10.9. The molecule has 0 unspecified atom stereocenters. The first kappa shape index (κ1) is 25.1. The van der Waals surface area contributed by atoms with Gasteiger partial charge in [-0.15, -0.1) is 35.3 Å². The smallest absolute Gasteiger partial charge is 0.193 e. The third kappa shape index (κ3) is 8.91. The Morgan fingerprint density at radius 1 is 1.33 bits per heavy atom. The molecule has 2 aromatic heterocycles. The Bertz CT molecular complexity index is 732. The zero-order chi connectivity index (χ0) is 20.3. The number of aryl methyl sites for hydroxylation is 1. The van der Waals surface area contributed by atoms with Crippen molar-refractivity contribution in [3.05, 3.63) is 40.2 Å². The van der Waals surface area contributed by atoms with E-state index in [-0.39, 0.29) is 24.0 Å². The minimum absolute atomic E-state index is 0. The van der Waals surface area contributed by atoms with Crippen molar-refractivity contribution < 1.29 is 9.15 Å². The second-order valence-corrected chi connectivity index (χ2v) is 8.62. The van der Waals surface area contributed by atoms with Crippen molar-refractivity contribution in [3.63, 3.8) is 0 Å². The standard InChI is InChI=1S/C21H33N5O2S.HI/c1-18-17-24-20(29-18)7-11-25(2)21(23-9-6-19-5-3-14-28-19)22-8-4-10-26-12-15-27-16-13-26;/h3,5,14,17H,4,6-13,15-16H2,1-2H3,(H,22,23);1H. The van der Waals surface area contributed by atoms with Gasteiger partial charge in [0.1, 0.15) is 5.76 Å². The fourth-order valence-electron chi connectivity index (χ4n) is 3.25. The lowest BCUT2D eigenvalue weighted by Crippen LogP contribution is -2.41. The molecule has 30 heavy (non-hydrogen) atoms. The van der Waals surface area contributed by atoms with Gasteiger partial charge in [0.2, 0.25) is 0 Å². The Morgan fingerprint density at radius 3 is 2.87 bits per heavy atom. The van der Waals surface area contributed by atoms with Crippen LogP contribution in [-0.2, 0) is 17.6 Å². The molecule has 0 spiro atoms. The minimum Gasteiger partial charge on any atom is -0.469 e. The Hall–Kier alpha value is -1.17. The molecule has 0 aliphatic carbocycles.